The molecule has 2 unspecified atom stereocenters. The Morgan fingerprint density at radius 2 is 1.79 bits per heavy atom. The minimum absolute atomic E-state index is 0.423. The third-order valence-corrected chi connectivity index (χ3v) is 5.05. The normalized spacial score (nSPS) is 19.9. The third-order valence-electron chi connectivity index (χ3n) is 5.05. The summed E-state index contributed by atoms with van der Waals surface area (Å²) in [6.07, 6.45) is 1.15. The first-order valence-electron chi connectivity index (χ1n) is 9.09. The number of likely N-dealkylation sites (N-methyl/N-ethyl adjacent to an activating group) is 1. The maximum absolute atomic E-state index is 6.04. The van der Waals surface area contributed by atoms with Gasteiger partial charge in [-0.1, -0.05) is 26.0 Å². The topological polar surface area (TPSA) is 56.9 Å². The Morgan fingerprint density at radius 1 is 1.17 bits per heavy atom. The number of guanidine groups is 1. The lowest BCUT2D eigenvalue weighted by atomic mass is 9.99. The number of nitrogens with two attached hydrogens (primary N) is 1. The van der Waals surface area contributed by atoms with E-state index in [-0.39, 0.29) is 0 Å². The Balaban J connectivity index is 1.82. The van der Waals surface area contributed by atoms with Crippen LogP contribution in [0.3, 0.4) is 0 Å². The molecule has 1 aromatic carbocycles. The molecule has 24 heavy (non-hydrogen) atoms. The van der Waals surface area contributed by atoms with Crippen LogP contribution >= 0.6 is 0 Å². The molecule has 1 fully saturated rings. The van der Waals surface area contributed by atoms with E-state index in [1.165, 1.54) is 5.56 Å². The summed E-state index contributed by atoms with van der Waals surface area (Å²) >= 11 is 0. The van der Waals surface area contributed by atoms with E-state index in [2.05, 4.69) is 72.2 Å². The third kappa shape index (κ3) is 5.49. The molecule has 5 heteroatoms. The second-order valence-corrected chi connectivity index (χ2v) is 6.97. The van der Waals surface area contributed by atoms with E-state index >= 15 is 0 Å². The summed E-state index contributed by atoms with van der Waals surface area (Å²) < 4.78 is 0. The highest BCUT2D eigenvalue weighted by molar-refractivity contribution is 5.92. The Hall–Kier alpha value is -1.59. The van der Waals surface area contributed by atoms with Crippen LogP contribution in [0.2, 0.25) is 0 Å². The summed E-state index contributed by atoms with van der Waals surface area (Å²) in [5.74, 6) is 1.08. The van der Waals surface area contributed by atoms with Gasteiger partial charge in [0.1, 0.15) is 0 Å². The molecule has 0 amide bonds. The minimum Gasteiger partial charge on any atom is -0.370 e. The van der Waals surface area contributed by atoms with E-state index in [0.717, 1.165) is 44.8 Å². The van der Waals surface area contributed by atoms with Gasteiger partial charge in [0.2, 0.25) is 0 Å². The molecule has 1 aliphatic heterocycles. The molecule has 2 atom stereocenters. The van der Waals surface area contributed by atoms with Gasteiger partial charge in [-0.15, -0.1) is 0 Å². The van der Waals surface area contributed by atoms with Crippen LogP contribution in [0.1, 0.15) is 38.7 Å². The number of nitrogens with one attached hydrogen (secondary N) is 1. The van der Waals surface area contributed by atoms with E-state index in [1.54, 1.807) is 0 Å². The Labute approximate surface area is 146 Å². The summed E-state index contributed by atoms with van der Waals surface area (Å²) in [4.78, 5) is 9.37. The lowest BCUT2D eigenvalue weighted by molar-refractivity contribution is 0.122. The summed E-state index contributed by atoms with van der Waals surface area (Å²) in [6, 6.07) is 8.90. The molecule has 134 valence electrons. The smallest absolute Gasteiger partial charge is 0.193 e. The summed E-state index contributed by atoms with van der Waals surface area (Å²) in [5.41, 5.74) is 8.40. The van der Waals surface area contributed by atoms with Crippen LogP contribution in [0.25, 0.3) is 0 Å². The van der Waals surface area contributed by atoms with Crippen molar-refractivity contribution in [1.82, 2.24) is 9.80 Å². The molecular weight excluding hydrogens is 298 g/mol. The molecule has 0 aliphatic carbocycles. The summed E-state index contributed by atoms with van der Waals surface area (Å²) in [6.45, 7) is 11.9. The van der Waals surface area contributed by atoms with Gasteiger partial charge in [-0.3, -0.25) is 9.89 Å². The zero-order valence-electron chi connectivity index (χ0n) is 15.6. The van der Waals surface area contributed by atoms with Gasteiger partial charge >= 0.3 is 0 Å². The van der Waals surface area contributed by atoms with Gasteiger partial charge in [0, 0.05) is 37.9 Å². The van der Waals surface area contributed by atoms with Gasteiger partial charge in [-0.2, -0.15) is 0 Å². The van der Waals surface area contributed by atoms with E-state index in [1.807, 2.05) is 0 Å². The summed E-state index contributed by atoms with van der Waals surface area (Å²) in [7, 11) is 2.18. The maximum Gasteiger partial charge on any atom is 0.193 e. The molecular formula is C19H33N5. The SMILES string of the molecule is CCC(C)c1ccc(NC(N)=NCC(C)N2CCN(C)CC2)cc1. The maximum atomic E-state index is 6.04. The van der Waals surface area contributed by atoms with Crippen molar-refractivity contribution in [3.8, 4) is 0 Å². The van der Waals surface area contributed by atoms with Gasteiger partial charge in [0.25, 0.3) is 0 Å². The quantitative estimate of drug-likeness (QED) is 0.621. The van der Waals surface area contributed by atoms with Gasteiger partial charge < -0.3 is 16.0 Å². The van der Waals surface area contributed by atoms with Crippen LogP contribution in [0.15, 0.2) is 29.3 Å². The molecule has 0 saturated carbocycles. The van der Waals surface area contributed by atoms with Crippen molar-refractivity contribution in [2.75, 3.05) is 45.1 Å². The highest BCUT2D eigenvalue weighted by atomic mass is 15.3. The molecule has 0 spiro atoms. The number of rotatable bonds is 6. The fraction of sp³-hybridized carbons (Fsp3) is 0.632. The molecule has 1 aromatic rings. The zero-order valence-corrected chi connectivity index (χ0v) is 15.6. The number of benzene rings is 1. The van der Waals surface area contributed by atoms with Crippen LogP contribution in [-0.2, 0) is 0 Å². The standard InChI is InChI=1S/C19H33N5/c1-5-15(2)17-6-8-18(9-7-17)22-19(20)21-14-16(3)24-12-10-23(4)11-13-24/h6-9,15-16H,5,10-14H2,1-4H3,(H3,20,21,22). The average Bonchev–Trinajstić information content (AvgIpc) is 2.60. The van der Waals surface area contributed by atoms with Crippen molar-refractivity contribution in [1.29, 1.82) is 0 Å². The number of hydrogen-bond donors (Lipinski definition) is 2. The highest BCUT2D eigenvalue weighted by Gasteiger charge is 2.18. The largest absolute Gasteiger partial charge is 0.370 e. The van der Waals surface area contributed by atoms with Crippen molar-refractivity contribution in [3.05, 3.63) is 29.8 Å². The molecule has 5 nitrogen and oxygen atoms in total. The second-order valence-electron chi connectivity index (χ2n) is 6.97. The average molecular weight is 332 g/mol. The van der Waals surface area contributed by atoms with Gasteiger partial charge in [0.15, 0.2) is 5.96 Å². The van der Waals surface area contributed by atoms with Crippen molar-refractivity contribution < 1.29 is 0 Å². The first-order chi connectivity index (χ1) is 11.5. The lowest BCUT2D eigenvalue weighted by Gasteiger charge is -2.35. The fourth-order valence-corrected chi connectivity index (χ4v) is 2.93. The number of hydrogen-bond acceptors (Lipinski definition) is 3. The molecule has 1 saturated heterocycles. The number of nitrogens with zero attached hydrogens (tertiary/aromatic N) is 3. The number of piperazine rings is 1. The van der Waals surface area contributed by atoms with Gasteiger partial charge in [0.05, 0.1) is 6.54 Å². The van der Waals surface area contributed by atoms with Crippen molar-refractivity contribution in [2.24, 2.45) is 10.7 Å². The summed E-state index contributed by atoms with van der Waals surface area (Å²) in [5, 5.41) is 3.19. The molecule has 0 bridgehead atoms. The van der Waals surface area contributed by atoms with Crippen molar-refractivity contribution >= 4 is 11.6 Å². The lowest BCUT2D eigenvalue weighted by Crippen LogP contribution is -2.49. The van der Waals surface area contributed by atoms with Gasteiger partial charge in [-0.05, 0) is 44.0 Å². The minimum atomic E-state index is 0.423. The van der Waals surface area contributed by atoms with Crippen molar-refractivity contribution in [2.45, 2.75) is 39.2 Å². The fourth-order valence-electron chi connectivity index (χ4n) is 2.93. The monoisotopic (exact) mass is 331 g/mol. The van der Waals surface area contributed by atoms with E-state index < -0.39 is 0 Å². The molecule has 2 rings (SSSR count). The van der Waals surface area contributed by atoms with E-state index in [0.29, 0.717) is 17.9 Å². The second kappa shape index (κ2) is 9.04. The molecule has 3 N–H and O–H groups in total. The molecule has 0 radical (unpaired) electrons. The zero-order chi connectivity index (χ0) is 17.5. The Morgan fingerprint density at radius 3 is 2.38 bits per heavy atom. The van der Waals surface area contributed by atoms with Gasteiger partial charge in [-0.25, -0.2) is 0 Å². The van der Waals surface area contributed by atoms with Crippen LogP contribution in [0, 0.1) is 0 Å². The number of aliphatic imine (C=N–C) groups is 1. The van der Waals surface area contributed by atoms with Crippen LogP contribution in [-0.4, -0.2) is 61.6 Å². The van der Waals surface area contributed by atoms with Crippen molar-refractivity contribution in [3.63, 3.8) is 0 Å². The Bertz CT molecular complexity index is 517. The first kappa shape index (κ1) is 18.7. The Kier molecular flexibility index (Phi) is 7.06. The molecule has 1 heterocycles. The van der Waals surface area contributed by atoms with Crippen LogP contribution in [0.5, 0.6) is 0 Å². The van der Waals surface area contributed by atoms with E-state index in [4.69, 9.17) is 5.73 Å². The van der Waals surface area contributed by atoms with E-state index in [9.17, 15) is 0 Å². The van der Waals surface area contributed by atoms with Crippen LogP contribution < -0.4 is 11.1 Å². The van der Waals surface area contributed by atoms with Crippen LogP contribution in [0.4, 0.5) is 5.69 Å². The first-order valence-corrected chi connectivity index (χ1v) is 9.09. The predicted molar refractivity (Wildman–Crippen MR) is 104 cm³/mol. The highest BCUT2D eigenvalue weighted by Crippen LogP contribution is 2.20. The molecule has 0 aromatic heterocycles. The number of anilines is 1. The molecule has 1 aliphatic rings. The predicted octanol–water partition coefficient (Wildman–Crippen LogP) is 2.56.